The molecule has 0 aromatic heterocycles. The predicted octanol–water partition coefficient (Wildman–Crippen LogP) is 2.53. The molecule has 0 atom stereocenters. The molecule has 1 heterocycles. The molecule has 1 aliphatic rings. The first-order valence-electron chi connectivity index (χ1n) is 4.60. The van der Waals surface area contributed by atoms with Gasteiger partial charge < -0.3 is 4.74 Å². The van der Waals surface area contributed by atoms with Gasteiger partial charge >= 0.3 is 5.97 Å². The molecular weight excluding hydrogens is 204 g/mol. The van der Waals surface area contributed by atoms with E-state index >= 15 is 0 Å². The SMILES string of the molecule is CCOC(=O)CCC1(C)SCCS1. The van der Waals surface area contributed by atoms with E-state index in [-0.39, 0.29) is 10.0 Å². The Bertz CT molecular complexity index is 176. The molecule has 0 spiro atoms. The van der Waals surface area contributed by atoms with Crippen molar-refractivity contribution in [3.05, 3.63) is 0 Å². The Labute approximate surface area is 88.2 Å². The van der Waals surface area contributed by atoms with Gasteiger partial charge in [-0.3, -0.25) is 4.79 Å². The highest BCUT2D eigenvalue weighted by atomic mass is 32.2. The van der Waals surface area contributed by atoms with Crippen LogP contribution < -0.4 is 0 Å². The van der Waals surface area contributed by atoms with E-state index in [4.69, 9.17) is 4.74 Å². The van der Waals surface area contributed by atoms with Crippen LogP contribution in [0.3, 0.4) is 0 Å². The average Bonchev–Trinajstić information content (AvgIpc) is 2.51. The number of esters is 1. The summed E-state index contributed by atoms with van der Waals surface area (Å²) in [5.41, 5.74) is 0. The maximum atomic E-state index is 11.1. The molecule has 0 aliphatic carbocycles. The van der Waals surface area contributed by atoms with Gasteiger partial charge in [-0.1, -0.05) is 0 Å². The van der Waals surface area contributed by atoms with Gasteiger partial charge in [-0.2, -0.15) is 0 Å². The van der Waals surface area contributed by atoms with Crippen LogP contribution in [0.15, 0.2) is 0 Å². The normalized spacial score (nSPS) is 20.2. The topological polar surface area (TPSA) is 26.3 Å². The maximum Gasteiger partial charge on any atom is 0.305 e. The van der Waals surface area contributed by atoms with Crippen LogP contribution in [-0.4, -0.2) is 28.2 Å². The van der Waals surface area contributed by atoms with Crippen LogP contribution in [0.4, 0.5) is 0 Å². The number of carbonyl (C=O) groups excluding carboxylic acids is 1. The number of hydrogen-bond donors (Lipinski definition) is 0. The van der Waals surface area contributed by atoms with Gasteiger partial charge in [0.2, 0.25) is 0 Å². The van der Waals surface area contributed by atoms with Crippen molar-refractivity contribution in [1.82, 2.24) is 0 Å². The molecule has 0 amide bonds. The average molecular weight is 220 g/mol. The third kappa shape index (κ3) is 3.81. The lowest BCUT2D eigenvalue weighted by Gasteiger charge is -2.20. The Hall–Kier alpha value is 0.170. The number of hydrogen-bond acceptors (Lipinski definition) is 4. The first-order chi connectivity index (χ1) is 6.16. The molecule has 0 aromatic rings. The molecule has 1 rings (SSSR count). The third-order valence-electron chi connectivity index (χ3n) is 1.99. The molecule has 1 fully saturated rings. The van der Waals surface area contributed by atoms with Crippen molar-refractivity contribution >= 4 is 29.5 Å². The van der Waals surface area contributed by atoms with E-state index in [1.165, 1.54) is 11.5 Å². The highest BCUT2D eigenvalue weighted by Crippen LogP contribution is 2.46. The number of ether oxygens (including phenoxy) is 1. The molecule has 76 valence electrons. The molecule has 1 saturated heterocycles. The summed E-state index contributed by atoms with van der Waals surface area (Å²) in [7, 11) is 0. The van der Waals surface area contributed by atoms with Crippen molar-refractivity contribution in [3.63, 3.8) is 0 Å². The standard InChI is InChI=1S/C9H16O2S2/c1-3-11-8(10)4-5-9(2)12-6-7-13-9/h3-7H2,1-2H3. The third-order valence-corrected chi connectivity index (χ3v) is 5.40. The van der Waals surface area contributed by atoms with Crippen LogP contribution >= 0.6 is 23.5 Å². The molecule has 0 radical (unpaired) electrons. The van der Waals surface area contributed by atoms with Gasteiger partial charge in [0.05, 0.1) is 10.7 Å². The summed E-state index contributed by atoms with van der Waals surface area (Å²) in [6, 6.07) is 0. The Kier molecular flexibility index (Phi) is 4.46. The highest BCUT2D eigenvalue weighted by molar-refractivity contribution is 8.21. The van der Waals surface area contributed by atoms with Crippen LogP contribution in [0.1, 0.15) is 26.7 Å². The van der Waals surface area contributed by atoms with Crippen LogP contribution in [0.25, 0.3) is 0 Å². The summed E-state index contributed by atoms with van der Waals surface area (Å²) in [5, 5.41) is 0. The van der Waals surface area contributed by atoms with Gasteiger partial charge in [0.25, 0.3) is 0 Å². The molecule has 2 nitrogen and oxygen atoms in total. The summed E-state index contributed by atoms with van der Waals surface area (Å²) in [5.74, 6) is 2.37. The largest absolute Gasteiger partial charge is 0.466 e. The molecule has 0 N–H and O–H groups in total. The second kappa shape index (κ2) is 5.15. The van der Waals surface area contributed by atoms with E-state index in [9.17, 15) is 4.79 Å². The second-order valence-electron chi connectivity index (χ2n) is 3.14. The van der Waals surface area contributed by atoms with Crippen molar-refractivity contribution < 1.29 is 9.53 Å². The summed E-state index contributed by atoms with van der Waals surface area (Å²) in [6.45, 7) is 4.56. The molecule has 4 heteroatoms. The van der Waals surface area contributed by atoms with E-state index in [2.05, 4.69) is 6.92 Å². The van der Waals surface area contributed by atoms with E-state index < -0.39 is 0 Å². The van der Waals surface area contributed by atoms with Crippen molar-refractivity contribution in [3.8, 4) is 0 Å². The van der Waals surface area contributed by atoms with Crippen molar-refractivity contribution in [2.45, 2.75) is 30.8 Å². The Balaban J connectivity index is 2.21. The van der Waals surface area contributed by atoms with Gasteiger partial charge in [-0.05, 0) is 20.3 Å². The smallest absolute Gasteiger partial charge is 0.305 e. The molecule has 1 aliphatic heterocycles. The van der Waals surface area contributed by atoms with Crippen LogP contribution in [0.2, 0.25) is 0 Å². The minimum atomic E-state index is -0.0585. The fraction of sp³-hybridized carbons (Fsp3) is 0.889. The van der Waals surface area contributed by atoms with E-state index in [1.54, 1.807) is 0 Å². The van der Waals surface area contributed by atoms with E-state index in [1.807, 2.05) is 30.4 Å². The molecule has 0 aromatic carbocycles. The van der Waals surface area contributed by atoms with Crippen molar-refractivity contribution in [2.24, 2.45) is 0 Å². The second-order valence-corrected chi connectivity index (χ2v) is 6.59. The summed E-state index contributed by atoms with van der Waals surface area (Å²) in [4.78, 5) is 11.1. The Morgan fingerprint density at radius 2 is 2.08 bits per heavy atom. The van der Waals surface area contributed by atoms with Crippen molar-refractivity contribution in [2.75, 3.05) is 18.1 Å². The predicted molar refractivity (Wildman–Crippen MR) is 59.2 cm³/mol. The summed E-state index contributed by atoms with van der Waals surface area (Å²) < 4.78 is 5.15. The molecule has 0 bridgehead atoms. The number of rotatable bonds is 4. The zero-order valence-electron chi connectivity index (χ0n) is 8.17. The summed E-state index contributed by atoms with van der Waals surface area (Å²) in [6.07, 6.45) is 1.49. The van der Waals surface area contributed by atoms with Crippen LogP contribution in [0, 0.1) is 0 Å². The fourth-order valence-electron chi connectivity index (χ4n) is 1.26. The monoisotopic (exact) mass is 220 g/mol. The van der Waals surface area contributed by atoms with Crippen molar-refractivity contribution in [1.29, 1.82) is 0 Å². The minimum absolute atomic E-state index is 0.0585. The van der Waals surface area contributed by atoms with Gasteiger partial charge in [-0.25, -0.2) is 0 Å². The zero-order valence-corrected chi connectivity index (χ0v) is 9.80. The van der Waals surface area contributed by atoms with Gasteiger partial charge in [0.15, 0.2) is 0 Å². The minimum Gasteiger partial charge on any atom is -0.466 e. The Morgan fingerprint density at radius 3 is 2.62 bits per heavy atom. The maximum absolute atomic E-state index is 11.1. The first-order valence-corrected chi connectivity index (χ1v) is 6.57. The zero-order chi connectivity index (χ0) is 9.73. The number of thioether (sulfide) groups is 2. The molecule has 0 unspecified atom stereocenters. The van der Waals surface area contributed by atoms with Crippen LogP contribution in [0.5, 0.6) is 0 Å². The molecular formula is C9H16O2S2. The van der Waals surface area contributed by atoms with Gasteiger partial charge in [0, 0.05) is 17.9 Å². The lowest BCUT2D eigenvalue weighted by atomic mass is 10.2. The van der Waals surface area contributed by atoms with E-state index in [0.717, 1.165) is 6.42 Å². The van der Waals surface area contributed by atoms with Gasteiger partial charge in [-0.15, -0.1) is 23.5 Å². The summed E-state index contributed by atoms with van der Waals surface area (Å²) >= 11 is 3.92. The lowest BCUT2D eigenvalue weighted by Crippen LogP contribution is -2.14. The quantitative estimate of drug-likeness (QED) is 0.680. The Morgan fingerprint density at radius 1 is 1.46 bits per heavy atom. The van der Waals surface area contributed by atoms with Crippen LogP contribution in [-0.2, 0) is 9.53 Å². The number of carbonyl (C=O) groups is 1. The van der Waals surface area contributed by atoms with Gasteiger partial charge in [0.1, 0.15) is 0 Å². The molecule has 0 saturated carbocycles. The highest BCUT2D eigenvalue weighted by Gasteiger charge is 2.30. The fourth-order valence-corrected chi connectivity index (χ4v) is 4.12. The molecule has 13 heavy (non-hydrogen) atoms. The van der Waals surface area contributed by atoms with E-state index in [0.29, 0.717) is 13.0 Å². The lowest BCUT2D eigenvalue weighted by molar-refractivity contribution is -0.143. The first kappa shape index (κ1) is 11.2.